The Morgan fingerprint density at radius 1 is 1.18 bits per heavy atom. The Labute approximate surface area is 105 Å². The maximum Gasteiger partial charge on any atom is 0.265 e. The highest BCUT2D eigenvalue weighted by atomic mass is 32.1. The zero-order chi connectivity index (χ0) is 12.4. The minimum Gasteiger partial charge on any atom is -0.321 e. The molecule has 2 nitrogen and oxygen atoms in total. The predicted molar refractivity (Wildman–Crippen MR) is 72.9 cm³/mol. The zero-order valence-electron chi connectivity index (χ0n) is 10.2. The molecule has 1 aromatic heterocycles. The van der Waals surface area contributed by atoms with Crippen molar-refractivity contribution in [2.24, 2.45) is 0 Å². The van der Waals surface area contributed by atoms with E-state index in [-0.39, 0.29) is 5.91 Å². The molecule has 0 aliphatic heterocycles. The number of rotatable bonds is 2. The number of benzene rings is 1. The lowest BCUT2D eigenvalue weighted by Gasteiger charge is -2.03. The molecule has 3 heteroatoms. The SMILES string of the molecule is Cc1cccc(NC(=O)c2cc(C)c(C)s2)c1. The van der Waals surface area contributed by atoms with E-state index in [1.807, 2.05) is 51.1 Å². The van der Waals surface area contributed by atoms with Crippen LogP contribution in [-0.2, 0) is 0 Å². The van der Waals surface area contributed by atoms with E-state index in [4.69, 9.17) is 0 Å². The van der Waals surface area contributed by atoms with Gasteiger partial charge in [0.2, 0.25) is 0 Å². The Hall–Kier alpha value is -1.61. The van der Waals surface area contributed by atoms with Crippen LogP contribution in [0.2, 0.25) is 0 Å². The third-order valence-corrected chi connectivity index (χ3v) is 3.82. The largest absolute Gasteiger partial charge is 0.321 e. The second-order valence-electron chi connectivity index (χ2n) is 4.17. The topological polar surface area (TPSA) is 29.1 Å². The van der Waals surface area contributed by atoms with Crippen LogP contribution in [0, 0.1) is 20.8 Å². The third kappa shape index (κ3) is 2.74. The minimum absolute atomic E-state index is 0.0307. The van der Waals surface area contributed by atoms with E-state index in [2.05, 4.69) is 5.32 Å². The van der Waals surface area contributed by atoms with E-state index in [1.165, 1.54) is 21.8 Å². The Kier molecular flexibility index (Phi) is 3.29. The molecule has 88 valence electrons. The lowest BCUT2D eigenvalue weighted by atomic mass is 10.2. The summed E-state index contributed by atoms with van der Waals surface area (Å²) in [4.78, 5) is 13.9. The fraction of sp³-hybridized carbons (Fsp3) is 0.214. The number of carbonyl (C=O) groups excluding carboxylic acids is 1. The van der Waals surface area contributed by atoms with Crippen molar-refractivity contribution in [2.75, 3.05) is 5.32 Å². The monoisotopic (exact) mass is 245 g/mol. The summed E-state index contributed by atoms with van der Waals surface area (Å²) in [7, 11) is 0. The lowest BCUT2D eigenvalue weighted by molar-refractivity contribution is 0.103. The Balaban J connectivity index is 2.17. The van der Waals surface area contributed by atoms with Crippen LogP contribution in [0.15, 0.2) is 30.3 Å². The summed E-state index contributed by atoms with van der Waals surface area (Å²) in [5.74, 6) is -0.0307. The van der Waals surface area contributed by atoms with E-state index in [0.717, 1.165) is 16.1 Å². The number of hydrogen-bond acceptors (Lipinski definition) is 2. The van der Waals surface area contributed by atoms with Crippen molar-refractivity contribution in [3.05, 3.63) is 51.2 Å². The van der Waals surface area contributed by atoms with Gasteiger partial charge >= 0.3 is 0 Å². The number of hydrogen-bond donors (Lipinski definition) is 1. The molecule has 0 atom stereocenters. The quantitative estimate of drug-likeness (QED) is 0.853. The summed E-state index contributed by atoms with van der Waals surface area (Å²) in [6.45, 7) is 6.06. The molecule has 0 fully saturated rings. The molecule has 1 aromatic carbocycles. The van der Waals surface area contributed by atoms with Crippen molar-refractivity contribution in [3.63, 3.8) is 0 Å². The van der Waals surface area contributed by atoms with Gasteiger partial charge in [0.15, 0.2) is 0 Å². The van der Waals surface area contributed by atoms with Crippen molar-refractivity contribution in [1.29, 1.82) is 0 Å². The highest BCUT2D eigenvalue weighted by Crippen LogP contribution is 2.21. The fourth-order valence-corrected chi connectivity index (χ4v) is 2.53. The van der Waals surface area contributed by atoms with E-state index in [1.54, 1.807) is 0 Å². The van der Waals surface area contributed by atoms with Gasteiger partial charge in [-0.1, -0.05) is 12.1 Å². The van der Waals surface area contributed by atoms with Crippen molar-refractivity contribution in [3.8, 4) is 0 Å². The highest BCUT2D eigenvalue weighted by molar-refractivity contribution is 7.14. The zero-order valence-corrected chi connectivity index (χ0v) is 11.0. The molecule has 0 unspecified atom stereocenters. The second-order valence-corrected chi connectivity index (χ2v) is 5.43. The molecule has 0 aliphatic rings. The molecule has 0 spiro atoms. The summed E-state index contributed by atoms with van der Waals surface area (Å²) in [6, 6.07) is 9.75. The van der Waals surface area contributed by atoms with Crippen LogP contribution in [0.3, 0.4) is 0 Å². The number of anilines is 1. The van der Waals surface area contributed by atoms with Crippen molar-refractivity contribution in [1.82, 2.24) is 0 Å². The summed E-state index contributed by atoms with van der Waals surface area (Å²) < 4.78 is 0. The average Bonchev–Trinajstić information content (AvgIpc) is 2.59. The van der Waals surface area contributed by atoms with Crippen molar-refractivity contribution < 1.29 is 4.79 Å². The maximum atomic E-state index is 12.0. The Morgan fingerprint density at radius 2 is 1.94 bits per heavy atom. The number of aryl methyl sites for hydroxylation is 3. The average molecular weight is 245 g/mol. The van der Waals surface area contributed by atoms with Gasteiger partial charge in [-0.15, -0.1) is 11.3 Å². The van der Waals surface area contributed by atoms with Crippen LogP contribution in [0.5, 0.6) is 0 Å². The lowest BCUT2D eigenvalue weighted by Crippen LogP contribution is -2.10. The third-order valence-electron chi connectivity index (χ3n) is 2.67. The molecule has 2 rings (SSSR count). The van der Waals surface area contributed by atoms with Gasteiger partial charge in [-0.25, -0.2) is 0 Å². The number of nitrogens with one attached hydrogen (secondary N) is 1. The molecule has 0 radical (unpaired) electrons. The highest BCUT2D eigenvalue weighted by Gasteiger charge is 2.10. The molecule has 17 heavy (non-hydrogen) atoms. The normalized spacial score (nSPS) is 10.3. The molecular weight excluding hydrogens is 230 g/mol. The predicted octanol–water partition coefficient (Wildman–Crippen LogP) is 3.93. The van der Waals surface area contributed by atoms with Crippen molar-refractivity contribution in [2.45, 2.75) is 20.8 Å². The van der Waals surface area contributed by atoms with Gasteiger partial charge in [-0.2, -0.15) is 0 Å². The minimum atomic E-state index is -0.0307. The van der Waals surface area contributed by atoms with Crippen LogP contribution >= 0.6 is 11.3 Å². The molecule has 1 N–H and O–H groups in total. The molecule has 0 saturated carbocycles. The van der Waals surface area contributed by atoms with E-state index < -0.39 is 0 Å². The number of amides is 1. The van der Waals surface area contributed by atoms with Gasteiger partial charge in [0.05, 0.1) is 4.88 Å². The first-order valence-electron chi connectivity index (χ1n) is 5.51. The van der Waals surface area contributed by atoms with Crippen LogP contribution < -0.4 is 5.32 Å². The summed E-state index contributed by atoms with van der Waals surface area (Å²) >= 11 is 1.53. The molecule has 1 amide bonds. The van der Waals surface area contributed by atoms with Crippen LogP contribution in [0.1, 0.15) is 25.7 Å². The summed E-state index contributed by atoms with van der Waals surface area (Å²) in [5, 5.41) is 2.91. The fourth-order valence-electron chi connectivity index (χ4n) is 1.60. The van der Waals surface area contributed by atoms with Gasteiger partial charge in [0.25, 0.3) is 5.91 Å². The van der Waals surface area contributed by atoms with Gasteiger partial charge in [-0.05, 0) is 50.1 Å². The number of carbonyl (C=O) groups is 1. The van der Waals surface area contributed by atoms with Crippen LogP contribution in [-0.4, -0.2) is 5.91 Å². The molecular formula is C14H15NOS. The van der Waals surface area contributed by atoms with Gasteiger partial charge < -0.3 is 5.32 Å². The standard InChI is InChI=1S/C14H15NOS/c1-9-5-4-6-12(7-9)15-14(16)13-8-10(2)11(3)17-13/h4-8H,1-3H3,(H,15,16). The van der Waals surface area contributed by atoms with Gasteiger partial charge in [0.1, 0.15) is 0 Å². The first-order chi connectivity index (χ1) is 8.06. The number of thiophene rings is 1. The second kappa shape index (κ2) is 4.72. The smallest absolute Gasteiger partial charge is 0.265 e. The Bertz CT molecular complexity index is 538. The van der Waals surface area contributed by atoms with Crippen LogP contribution in [0.25, 0.3) is 0 Å². The van der Waals surface area contributed by atoms with E-state index >= 15 is 0 Å². The molecule has 0 saturated heterocycles. The first kappa shape index (κ1) is 11.9. The molecule has 0 bridgehead atoms. The Morgan fingerprint density at radius 3 is 2.53 bits per heavy atom. The molecule has 1 heterocycles. The van der Waals surface area contributed by atoms with Crippen molar-refractivity contribution >= 4 is 22.9 Å². The maximum absolute atomic E-state index is 12.0. The summed E-state index contributed by atoms with van der Waals surface area (Å²) in [6.07, 6.45) is 0. The first-order valence-corrected chi connectivity index (χ1v) is 6.33. The summed E-state index contributed by atoms with van der Waals surface area (Å²) in [5.41, 5.74) is 3.16. The molecule has 0 aliphatic carbocycles. The van der Waals surface area contributed by atoms with Gasteiger partial charge in [-0.3, -0.25) is 4.79 Å². The molecule has 2 aromatic rings. The van der Waals surface area contributed by atoms with Crippen LogP contribution in [0.4, 0.5) is 5.69 Å². The van der Waals surface area contributed by atoms with E-state index in [9.17, 15) is 4.79 Å². The van der Waals surface area contributed by atoms with E-state index in [0.29, 0.717) is 0 Å². The van der Waals surface area contributed by atoms with Gasteiger partial charge in [0, 0.05) is 10.6 Å².